The molecule has 0 heterocycles. The van der Waals surface area contributed by atoms with Crippen LogP contribution in [0, 0.1) is 5.82 Å². The number of hydrogen-bond donors (Lipinski definition) is 1. The maximum absolute atomic E-state index is 14.2. The molecular weight excluding hydrogens is 277 g/mol. The summed E-state index contributed by atoms with van der Waals surface area (Å²) in [7, 11) is 0. The number of anilines is 1. The zero-order chi connectivity index (χ0) is 15.4. The zero-order valence-electron chi connectivity index (χ0n) is 12.0. The van der Waals surface area contributed by atoms with Crippen molar-refractivity contribution in [3.05, 3.63) is 84.2 Å². The van der Waals surface area contributed by atoms with E-state index in [9.17, 15) is 4.39 Å². The number of benzene rings is 3. The Bertz CT molecular complexity index is 754. The van der Waals surface area contributed by atoms with Crippen LogP contribution >= 0.6 is 0 Å². The number of halogens is 1. The summed E-state index contributed by atoms with van der Waals surface area (Å²) < 4.78 is 19.9. The molecule has 0 saturated heterocycles. The van der Waals surface area contributed by atoms with Gasteiger partial charge in [0.25, 0.3) is 0 Å². The molecule has 22 heavy (non-hydrogen) atoms. The van der Waals surface area contributed by atoms with Gasteiger partial charge in [-0.3, -0.25) is 0 Å². The molecule has 0 unspecified atom stereocenters. The molecule has 0 saturated carbocycles. The fourth-order valence-electron chi connectivity index (χ4n) is 2.28. The molecule has 3 aromatic rings. The first-order valence-corrected chi connectivity index (χ1v) is 7.05. The molecule has 0 amide bonds. The fraction of sp³-hybridized carbons (Fsp3) is 0.0526. The maximum Gasteiger partial charge on any atom is 0.165 e. The number of nitrogens with two attached hydrogens (primary N) is 1. The van der Waals surface area contributed by atoms with Gasteiger partial charge in [0.2, 0.25) is 0 Å². The highest BCUT2D eigenvalue weighted by Crippen LogP contribution is 2.33. The van der Waals surface area contributed by atoms with Crippen molar-refractivity contribution in [3.63, 3.8) is 0 Å². The lowest BCUT2D eigenvalue weighted by molar-refractivity contribution is 0.292. The number of para-hydroxylation sites is 1. The summed E-state index contributed by atoms with van der Waals surface area (Å²) in [5, 5.41) is 0. The van der Waals surface area contributed by atoms with Gasteiger partial charge in [0, 0.05) is 11.3 Å². The van der Waals surface area contributed by atoms with E-state index in [2.05, 4.69) is 0 Å². The Labute approximate surface area is 129 Å². The molecule has 0 fully saturated rings. The third kappa shape index (κ3) is 3.09. The maximum atomic E-state index is 14.2. The molecule has 0 aromatic heterocycles. The van der Waals surface area contributed by atoms with Crippen molar-refractivity contribution in [2.75, 3.05) is 5.73 Å². The van der Waals surface area contributed by atoms with Gasteiger partial charge in [-0.25, -0.2) is 4.39 Å². The van der Waals surface area contributed by atoms with Crippen LogP contribution in [0.2, 0.25) is 0 Å². The molecule has 3 aromatic carbocycles. The van der Waals surface area contributed by atoms with Crippen LogP contribution in [-0.4, -0.2) is 0 Å². The molecule has 0 radical (unpaired) electrons. The highest BCUT2D eigenvalue weighted by atomic mass is 19.1. The second kappa shape index (κ2) is 6.31. The molecule has 0 bridgehead atoms. The molecule has 0 aliphatic carbocycles. The molecule has 2 N–H and O–H groups in total. The van der Waals surface area contributed by atoms with Crippen LogP contribution in [0.15, 0.2) is 72.8 Å². The summed E-state index contributed by atoms with van der Waals surface area (Å²) in [5.74, 6) is -0.110. The predicted octanol–water partition coefficient (Wildman–Crippen LogP) is 4.65. The van der Waals surface area contributed by atoms with Crippen LogP contribution in [0.25, 0.3) is 11.1 Å². The van der Waals surface area contributed by atoms with Crippen LogP contribution in [-0.2, 0) is 6.61 Å². The quantitative estimate of drug-likeness (QED) is 0.710. The molecule has 0 atom stereocenters. The lowest BCUT2D eigenvalue weighted by Gasteiger charge is -2.13. The molecule has 0 aliphatic heterocycles. The first kappa shape index (κ1) is 14.1. The van der Waals surface area contributed by atoms with E-state index in [1.807, 2.05) is 48.5 Å². The predicted molar refractivity (Wildman–Crippen MR) is 87.0 cm³/mol. The Morgan fingerprint density at radius 2 is 1.55 bits per heavy atom. The first-order valence-electron chi connectivity index (χ1n) is 7.05. The normalized spacial score (nSPS) is 10.4. The topological polar surface area (TPSA) is 35.2 Å². The minimum absolute atomic E-state index is 0.260. The standard InChI is InChI=1S/C19H16FNO/c20-18-8-4-7-17(15-9-11-16(21)12-10-15)19(18)22-13-14-5-2-1-3-6-14/h1-12H,13,21H2. The van der Waals surface area contributed by atoms with Gasteiger partial charge >= 0.3 is 0 Å². The van der Waals surface area contributed by atoms with Crippen molar-refractivity contribution < 1.29 is 9.13 Å². The average molecular weight is 293 g/mol. The molecule has 110 valence electrons. The Kier molecular flexibility index (Phi) is 4.05. The molecular formula is C19H16FNO. The largest absolute Gasteiger partial charge is 0.485 e. The van der Waals surface area contributed by atoms with Crippen molar-refractivity contribution in [3.8, 4) is 16.9 Å². The highest BCUT2D eigenvalue weighted by molar-refractivity contribution is 5.71. The first-order chi connectivity index (χ1) is 10.7. The van der Waals surface area contributed by atoms with E-state index in [1.165, 1.54) is 6.07 Å². The average Bonchev–Trinajstić information content (AvgIpc) is 2.55. The summed E-state index contributed by atoms with van der Waals surface area (Å²) in [6.45, 7) is 0.323. The molecule has 2 nitrogen and oxygen atoms in total. The van der Waals surface area contributed by atoms with E-state index in [1.54, 1.807) is 18.2 Å². The zero-order valence-corrected chi connectivity index (χ0v) is 12.0. The van der Waals surface area contributed by atoms with Gasteiger partial charge < -0.3 is 10.5 Å². The summed E-state index contributed by atoms with van der Waals surface area (Å²) in [5.41, 5.74) is 8.96. The number of rotatable bonds is 4. The van der Waals surface area contributed by atoms with Crippen molar-refractivity contribution in [1.82, 2.24) is 0 Å². The van der Waals surface area contributed by atoms with Gasteiger partial charge in [0.15, 0.2) is 11.6 Å². The van der Waals surface area contributed by atoms with Gasteiger partial charge in [-0.15, -0.1) is 0 Å². The van der Waals surface area contributed by atoms with Crippen LogP contribution in [0.4, 0.5) is 10.1 Å². The molecule has 0 spiro atoms. The Hall–Kier alpha value is -2.81. The van der Waals surface area contributed by atoms with Gasteiger partial charge in [0.05, 0.1) is 0 Å². The lowest BCUT2D eigenvalue weighted by atomic mass is 10.0. The van der Waals surface area contributed by atoms with E-state index in [4.69, 9.17) is 10.5 Å². The van der Waals surface area contributed by atoms with Crippen LogP contribution in [0.1, 0.15) is 5.56 Å². The van der Waals surface area contributed by atoms with Gasteiger partial charge in [-0.2, -0.15) is 0 Å². The number of hydrogen-bond acceptors (Lipinski definition) is 2. The Morgan fingerprint density at radius 3 is 2.27 bits per heavy atom. The summed E-state index contributed by atoms with van der Waals surface area (Å²) >= 11 is 0. The van der Waals surface area contributed by atoms with Crippen LogP contribution in [0.3, 0.4) is 0 Å². The molecule has 0 aliphatic rings. The van der Waals surface area contributed by atoms with Gasteiger partial charge in [0.1, 0.15) is 6.61 Å². The van der Waals surface area contributed by atoms with Gasteiger partial charge in [-0.1, -0.05) is 54.6 Å². The minimum Gasteiger partial charge on any atom is -0.485 e. The van der Waals surface area contributed by atoms with Crippen molar-refractivity contribution in [2.45, 2.75) is 6.61 Å². The van der Waals surface area contributed by atoms with E-state index in [-0.39, 0.29) is 11.6 Å². The van der Waals surface area contributed by atoms with E-state index < -0.39 is 0 Å². The number of nitrogen functional groups attached to an aromatic ring is 1. The lowest BCUT2D eigenvalue weighted by Crippen LogP contribution is -1.99. The molecule has 3 heteroatoms. The van der Waals surface area contributed by atoms with Crippen LogP contribution in [0.5, 0.6) is 5.75 Å². The van der Waals surface area contributed by atoms with Crippen LogP contribution < -0.4 is 10.5 Å². The van der Waals surface area contributed by atoms with E-state index >= 15 is 0 Å². The van der Waals surface area contributed by atoms with Crippen molar-refractivity contribution in [1.29, 1.82) is 0 Å². The second-order valence-corrected chi connectivity index (χ2v) is 5.01. The van der Waals surface area contributed by atoms with Gasteiger partial charge in [-0.05, 0) is 29.3 Å². The fourth-order valence-corrected chi connectivity index (χ4v) is 2.28. The third-order valence-corrected chi connectivity index (χ3v) is 3.41. The second-order valence-electron chi connectivity index (χ2n) is 5.01. The Morgan fingerprint density at radius 1 is 0.818 bits per heavy atom. The minimum atomic E-state index is -0.370. The summed E-state index contributed by atoms with van der Waals surface area (Å²) in [4.78, 5) is 0. The summed E-state index contributed by atoms with van der Waals surface area (Å²) in [6, 6.07) is 21.9. The van der Waals surface area contributed by atoms with E-state index in [0.29, 0.717) is 12.3 Å². The van der Waals surface area contributed by atoms with Crippen molar-refractivity contribution >= 4 is 5.69 Å². The van der Waals surface area contributed by atoms with Crippen molar-refractivity contribution in [2.24, 2.45) is 0 Å². The highest BCUT2D eigenvalue weighted by Gasteiger charge is 2.12. The number of ether oxygens (including phenoxy) is 1. The Balaban J connectivity index is 1.91. The monoisotopic (exact) mass is 293 g/mol. The smallest absolute Gasteiger partial charge is 0.165 e. The SMILES string of the molecule is Nc1ccc(-c2cccc(F)c2OCc2ccccc2)cc1. The summed E-state index contributed by atoms with van der Waals surface area (Å²) in [6.07, 6.45) is 0. The van der Waals surface area contributed by atoms with E-state index in [0.717, 1.165) is 16.7 Å². The third-order valence-electron chi connectivity index (χ3n) is 3.41. The molecule has 3 rings (SSSR count).